The van der Waals surface area contributed by atoms with Gasteiger partial charge in [0.25, 0.3) is 0 Å². The van der Waals surface area contributed by atoms with Gasteiger partial charge in [-0.15, -0.1) is 0 Å². The monoisotopic (exact) mass is 350 g/mol. The summed E-state index contributed by atoms with van der Waals surface area (Å²) in [4.78, 5) is 0. The standard InChI is InChI=1S/C19H30O4Si/c1-18(2,3)24(19(4,5)6)21-13-15-16(23-24)12-20-17(22-15)14-10-8-7-9-11-14/h7-11,15-17H,12-13H2,1-6H3/t15-,16+,17?/m1/s1. The second-order valence-corrected chi connectivity index (χ2v) is 13.6. The van der Waals surface area contributed by atoms with Crippen LogP contribution in [0.25, 0.3) is 0 Å². The van der Waals surface area contributed by atoms with Crippen molar-refractivity contribution < 1.29 is 18.3 Å². The summed E-state index contributed by atoms with van der Waals surface area (Å²) in [5, 5.41) is -0.0427. The molecule has 3 atom stereocenters. The van der Waals surface area contributed by atoms with Crippen molar-refractivity contribution in [3.8, 4) is 0 Å². The van der Waals surface area contributed by atoms with E-state index < -0.39 is 8.56 Å². The molecular weight excluding hydrogens is 320 g/mol. The van der Waals surface area contributed by atoms with Crippen molar-refractivity contribution in [1.29, 1.82) is 0 Å². The van der Waals surface area contributed by atoms with Crippen LogP contribution in [0.4, 0.5) is 0 Å². The van der Waals surface area contributed by atoms with E-state index in [0.29, 0.717) is 13.2 Å². The van der Waals surface area contributed by atoms with Gasteiger partial charge in [0.2, 0.25) is 0 Å². The molecule has 2 heterocycles. The minimum atomic E-state index is -2.46. The normalized spacial score (nSPS) is 30.7. The van der Waals surface area contributed by atoms with Gasteiger partial charge in [-0.1, -0.05) is 71.9 Å². The lowest BCUT2D eigenvalue weighted by Crippen LogP contribution is -2.66. The first-order valence-corrected chi connectivity index (χ1v) is 10.6. The maximum atomic E-state index is 6.66. The van der Waals surface area contributed by atoms with E-state index in [0.717, 1.165) is 5.56 Å². The van der Waals surface area contributed by atoms with Gasteiger partial charge in [-0.3, -0.25) is 0 Å². The highest BCUT2D eigenvalue weighted by atomic mass is 28.4. The fraction of sp³-hybridized carbons (Fsp3) is 0.684. The summed E-state index contributed by atoms with van der Waals surface area (Å²) in [5.74, 6) is 0. The van der Waals surface area contributed by atoms with Gasteiger partial charge in [-0.25, -0.2) is 0 Å². The number of rotatable bonds is 1. The maximum absolute atomic E-state index is 6.66. The summed E-state index contributed by atoms with van der Waals surface area (Å²) >= 11 is 0. The molecule has 4 nitrogen and oxygen atoms in total. The molecule has 134 valence electrons. The van der Waals surface area contributed by atoms with Crippen LogP contribution in [0, 0.1) is 0 Å². The van der Waals surface area contributed by atoms with Crippen LogP contribution < -0.4 is 0 Å². The predicted octanol–water partition coefficient (Wildman–Crippen LogP) is 4.56. The summed E-state index contributed by atoms with van der Waals surface area (Å²) in [6.45, 7) is 14.5. The molecule has 24 heavy (non-hydrogen) atoms. The van der Waals surface area contributed by atoms with Crippen molar-refractivity contribution in [3.05, 3.63) is 35.9 Å². The Labute approximate surface area is 146 Å². The zero-order valence-electron chi connectivity index (χ0n) is 15.7. The van der Waals surface area contributed by atoms with Gasteiger partial charge in [0.05, 0.1) is 19.3 Å². The van der Waals surface area contributed by atoms with E-state index in [2.05, 4.69) is 41.5 Å². The zero-order chi connectivity index (χ0) is 17.6. The molecule has 0 saturated carbocycles. The fourth-order valence-electron chi connectivity index (χ4n) is 3.97. The number of benzene rings is 1. The molecule has 0 aliphatic carbocycles. The predicted molar refractivity (Wildman–Crippen MR) is 96.0 cm³/mol. The molecule has 2 fully saturated rings. The quantitative estimate of drug-likeness (QED) is 0.696. The van der Waals surface area contributed by atoms with Crippen molar-refractivity contribution in [2.45, 2.75) is 70.1 Å². The minimum absolute atomic E-state index is 0.0213. The van der Waals surface area contributed by atoms with Crippen LogP contribution in [0.5, 0.6) is 0 Å². The molecule has 2 saturated heterocycles. The van der Waals surface area contributed by atoms with Gasteiger partial charge < -0.3 is 18.3 Å². The van der Waals surface area contributed by atoms with E-state index in [4.69, 9.17) is 18.3 Å². The van der Waals surface area contributed by atoms with Crippen molar-refractivity contribution >= 4 is 8.56 Å². The summed E-state index contributed by atoms with van der Waals surface area (Å²) in [7, 11) is -2.46. The second kappa shape index (κ2) is 6.22. The average Bonchev–Trinajstić information content (AvgIpc) is 2.52. The molecule has 3 rings (SSSR count). The van der Waals surface area contributed by atoms with E-state index in [1.165, 1.54) is 0 Å². The van der Waals surface area contributed by atoms with Crippen LogP contribution in [0.15, 0.2) is 30.3 Å². The Hall–Kier alpha value is -0.723. The summed E-state index contributed by atoms with van der Waals surface area (Å²) in [6.07, 6.45) is -0.462. The third-order valence-electron chi connectivity index (χ3n) is 4.94. The molecule has 0 spiro atoms. The van der Waals surface area contributed by atoms with Crippen LogP contribution in [-0.4, -0.2) is 34.0 Å². The van der Waals surface area contributed by atoms with Gasteiger partial charge in [0.1, 0.15) is 6.10 Å². The summed E-state index contributed by atoms with van der Waals surface area (Å²) in [6, 6.07) is 10.0. The molecule has 0 bridgehead atoms. The molecule has 2 aliphatic rings. The number of ether oxygens (including phenoxy) is 2. The van der Waals surface area contributed by atoms with E-state index in [-0.39, 0.29) is 28.6 Å². The molecule has 1 unspecified atom stereocenters. The van der Waals surface area contributed by atoms with E-state index in [1.807, 2.05) is 30.3 Å². The molecule has 2 aliphatic heterocycles. The number of hydrogen-bond donors (Lipinski definition) is 0. The first-order chi connectivity index (χ1) is 11.1. The first-order valence-electron chi connectivity index (χ1n) is 8.78. The van der Waals surface area contributed by atoms with Crippen LogP contribution in [0.2, 0.25) is 10.1 Å². The zero-order valence-corrected chi connectivity index (χ0v) is 16.7. The first kappa shape index (κ1) is 18.1. The molecule has 0 aromatic heterocycles. The third-order valence-corrected chi connectivity index (χ3v) is 10.1. The van der Waals surface area contributed by atoms with Gasteiger partial charge in [0.15, 0.2) is 6.29 Å². The van der Waals surface area contributed by atoms with E-state index in [1.54, 1.807) is 0 Å². The molecule has 0 N–H and O–H groups in total. The molecular formula is C19H30O4Si. The Morgan fingerprint density at radius 3 is 2.08 bits per heavy atom. The second-order valence-electron chi connectivity index (χ2n) is 8.83. The topological polar surface area (TPSA) is 36.9 Å². The maximum Gasteiger partial charge on any atom is 0.349 e. The molecule has 5 heteroatoms. The van der Waals surface area contributed by atoms with Crippen LogP contribution in [0.3, 0.4) is 0 Å². The Kier molecular flexibility index (Phi) is 4.68. The highest BCUT2D eigenvalue weighted by Crippen LogP contribution is 2.54. The smallest absolute Gasteiger partial charge is 0.349 e. The highest BCUT2D eigenvalue weighted by Gasteiger charge is 2.62. The highest BCUT2D eigenvalue weighted by molar-refractivity contribution is 6.73. The van der Waals surface area contributed by atoms with Crippen molar-refractivity contribution in [1.82, 2.24) is 0 Å². The lowest BCUT2D eigenvalue weighted by Gasteiger charge is -2.55. The Bertz CT molecular complexity index is 547. The van der Waals surface area contributed by atoms with E-state index >= 15 is 0 Å². The third kappa shape index (κ3) is 3.08. The minimum Gasteiger partial charge on any atom is -0.391 e. The summed E-state index contributed by atoms with van der Waals surface area (Å²) in [5.41, 5.74) is 1.04. The van der Waals surface area contributed by atoms with Crippen LogP contribution in [-0.2, 0) is 18.3 Å². The molecule has 1 aromatic rings. The largest absolute Gasteiger partial charge is 0.391 e. The van der Waals surface area contributed by atoms with E-state index in [9.17, 15) is 0 Å². The Balaban J connectivity index is 1.77. The average molecular weight is 351 g/mol. The number of fused-ring (bicyclic) bond motifs is 1. The molecule has 0 radical (unpaired) electrons. The van der Waals surface area contributed by atoms with Crippen LogP contribution in [0.1, 0.15) is 53.4 Å². The van der Waals surface area contributed by atoms with Gasteiger partial charge >= 0.3 is 8.56 Å². The summed E-state index contributed by atoms with van der Waals surface area (Å²) < 4.78 is 25.3. The van der Waals surface area contributed by atoms with Crippen molar-refractivity contribution in [2.75, 3.05) is 13.2 Å². The van der Waals surface area contributed by atoms with Crippen molar-refractivity contribution in [2.24, 2.45) is 0 Å². The Morgan fingerprint density at radius 2 is 1.50 bits per heavy atom. The Morgan fingerprint density at radius 1 is 0.875 bits per heavy atom. The number of hydrogen-bond acceptors (Lipinski definition) is 4. The lowest BCUT2D eigenvalue weighted by atomic mass is 10.1. The van der Waals surface area contributed by atoms with Crippen LogP contribution >= 0.6 is 0 Å². The van der Waals surface area contributed by atoms with Crippen molar-refractivity contribution in [3.63, 3.8) is 0 Å². The van der Waals surface area contributed by atoms with Gasteiger partial charge in [0, 0.05) is 15.6 Å². The molecule has 0 amide bonds. The fourth-order valence-corrected chi connectivity index (χ4v) is 8.91. The molecule has 1 aromatic carbocycles. The van der Waals surface area contributed by atoms with Gasteiger partial charge in [-0.2, -0.15) is 0 Å². The lowest BCUT2D eigenvalue weighted by molar-refractivity contribution is -0.274. The van der Waals surface area contributed by atoms with Gasteiger partial charge in [-0.05, 0) is 0 Å². The SMILES string of the molecule is CC(C)(C)[Si]1(C(C)(C)C)OC[C@H]2OC(c3ccccc3)OC[C@@H]2O1.